The van der Waals surface area contributed by atoms with Crippen molar-refractivity contribution in [2.75, 3.05) is 0 Å². The highest BCUT2D eigenvalue weighted by atomic mass is 16.3. The molecule has 0 fully saturated rings. The van der Waals surface area contributed by atoms with Gasteiger partial charge in [-0.1, -0.05) is 135 Å². The fraction of sp³-hybridized carbons (Fsp3) is 0.450. The molecule has 0 aliphatic heterocycles. The number of aliphatic hydroxyl groups is 4. The molecule has 0 amide bonds. The lowest BCUT2D eigenvalue weighted by Gasteiger charge is -2.38. The Hall–Kier alpha value is -3.02. The van der Waals surface area contributed by atoms with Crippen LogP contribution >= 0.6 is 0 Å². The molecule has 4 N–H and O–H groups in total. The van der Waals surface area contributed by atoms with E-state index in [0.29, 0.717) is 12.8 Å². The Kier molecular flexibility index (Phi) is 13.8. The van der Waals surface area contributed by atoms with Gasteiger partial charge >= 0.3 is 0 Å². The van der Waals surface area contributed by atoms with Gasteiger partial charge in [-0.15, -0.1) is 0 Å². The van der Waals surface area contributed by atoms with Gasteiger partial charge in [0.15, 0.2) is 0 Å². The Morgan fingerprint density at radius 2 is 0.818 bits per heavy atom. The Morgan fingerprint density at radius 1 is 0.523 bits per heavy atom. The second kappa shape index (κ2) is 16.3. The zero-order chi connectivity index (χ0) is 33.2. The molecule has 0 saturated carbocycles. The van der Waals surface area contributed by atoms with Gasteiger partial charge in [-0.25, -0.2) is 0 Å². The Balaban J connectivity index is 1.94. The second-order valence-electron chi connectivity index (χ2n) is 13.8. The van der Waals surface area contributed by atoms with Crippen LogP contribution in [0.1, 0.15) is 82.1 Å². The van der Waals surface area contributed by atoms with Gasteiger partial charge in [0.25, 0.3) is 0 Å². The molecule has 0 heterocycles. The second-order valence-corrected chi connectivity index (χ2v) is 13.8. The van der Waals surface area contributed by atoms with Crippen molar-refractivity contribution in [2.24, 2.45) is 10.8 Å². The van der Waals surface area contributed by atoms with E-state index in [9.17, 15) is 20.4 Å². The standard InChI is InChI=1S/C40H56O4/c1-27(17-13-19-29(3)21-23-33-31(5)37(43)35(41)25-39(33,7)8)15-11-12-16-28(2)18-14-20-30(4)22-24-34-32(6)38(44)36(42)26-40(34,9)10/h11-24,35-38,41-44H,25-26H2,1-10H3/b12-11+,17-13+,18-14+,23-21+,24-22+,27-15+,28-16+,29-19+,30-20+/t35-,36-,37-,38-/m0/s1. The van der Waals surface area contributed by atoms with E-state index in [2.05, 4.69) is 116 Å². The molecule has 240 valence electrons. The van der Waals surface area contributed by atoms with Crippen molar-refractivity contribution in [2.45, 2.75) is 106 Å². The van der Waals surface area contributed by atoms with Crippen molar-refractivity contribution in [3.8, 4) is 0 Å². The molecule has 4 heteroatoms. The van der Waals surface area contributed by atoms with Crippen LogP contribution in [0.2, 0.25) is 0 Å². The zero-order valence-corrected chi connectivity index (χ0v) is 28.6. The zero-order valence-electron chi connectivity index (χ0n) is 28.6. The third kappa shape index (κ3) is 10.9. The molecule has 4 nitrogen and oxygen atoms in total. The SMILES string of the molecule is CC1=C(/C=C/C(C)=C/C=C/C(C)=C/C=C/C=C(C)/C=C/C=C(C)/C=C/C2=C(C)[C@H](O)[C@@H](O)CC2(C)C)C(C)(C)C[C@H](O)[C@H]1O. The summed E-state index contributed by atoms with van der Waals surface area (Å²) < 4.78 is 0. The summed E-state index contributed by atoms with van der Waals surface area (Å²) >= 11 is 0. The summed E-state index contributed by atoms with van der Waals surface area (Å²) in [5.41, 5.74) is 7.98. The Morgan fingerprint density at radius 3 is 1.16 bits per heavy atom. The van der Waals surface area contributed by atoms with Gasteiger partial charge in [-0.2, -0.15) is 0 Å². The molecular formula is C40H56O4. The van der Waals surface area contributed by atoms with Crippen molar-refractivity contribution >= 4 is 0 Å². The minimum Gasteiger partial charge on any atom is -0.390 e. The number of hydrogen-bond acceptors (Lipinski definition) is 4. The average Bonchev–Trinajstić information content (AvgIpc) is 2.92. The maximum atomic E-state index is 10.3. The first-order valence-electron chi connectivity index (χ1n) is 15.7. The molecule has 0 saturated heterocycles. The van der Waals surface area contributed by atoms with Crippen LogP contribution in [-0.2, 0) is 0 Å². The molecule has 0 spiro atoms. The van der Waals surface area contributed by atoms with Crippen molar-refractivity contribution in [1.82, 2.24) is 0 Å². The smallest absolute Gasteiger partial charge is 0.101 e. The summed E-state index contributed by atoms with van der Waals surface area (Å²) in [7, 11) is 0. The highest BCUT2D eigenvalue weighted by Crippen LogP contribution is 2.42. The largest absolute Gasteiger partial charge is 0.390 e. The minimum absolute atomic E-state index is 0.182. The van der Waals surface area contributed by atoms with E-state index in [-0.39, 0.29) is 10.8 Å². The summed E-state index contributed by atoms with van der Waals surface area (Å²) in [5, 5.41) is 40.8. The lowest BCUT2D eigenvalue weighted by Crippen LogP contribution is -2.39. The van der Waals surface area contributed by atoms with Gasteiger partial charge in [0.05, 0.1) is 12.2 Å². The van der Waals surface area contributed by atoms with Gasteiger partial charge in [0.1, 0.15) is 12.2 Å². The number of rotatable bonds is 10. The normalized spacial score (nSPS) is 27.9. The molecule has 2 aliphatic rings. The predicted molar refractivity (Wildman–Crippen MR) is 187 cm³/mol. The number of aliphatic hydroxyl groups excluding tert-OH is 4. The van der Waals surface area contributed by atoms with E-state index in [0.717, 1.165) is 44.6 Å². The molecule has 0 unspecified atom stereocenters. The van der Waals surface area contributed by atoms with E-state index in [1.807, 2.05) is 38.2 Å². The predicted octanol–water partition coefficient (Wildman–Crippen LogP) is 8.49. The fourth-order valence-electron chi connectivity index (χ4n) is 5.94. The van der Waals surface area contributed by atoms with E-state index in [1.54, 1.807) is 0 Å². The third-order valence-corrected chi connectivity index (χ3v) is 8.65. The van der Waals surface area contributed by atoms with Crippen LogP contribution in [0.3, 0.4) is 0 Å². The lowest BCUT2D eigenvalue weighted by atomic mass is 9.70. The van der Waals surface area contributed by atoms with Crippen LogP contribution < -0.4 is 0 Å². The van der Waals surface area contributed by atoms with Crippen LogP contribution in [-0.4, -0.2) is 44.8 Å². The molecular weight excluding hydrogens is 544 g/mol. The molecule has 4 atom stereocenters. The van der Waals surface area contributed by atoms with Gasteiger partial charge in [0.2, 0.25) is 0 Å². The highest BCUT2D eigenvalue weighted by molar-refractivity contribution is 5.41. The lowest BCUT2D eigenvalue weighted by molar-refractivity contribution is 0.00681. The Labute approximate surface area is 267 Å². The first kappa shape index (κ1) is 37.2. The first-order valence-corrected chi connectivity index (χ1v) is 15.7. The molecule has 0 bridgehead atoms. The van der Waals surface area contributed by atoms with Gasteiger partial charge in [-0.3, -0.25) is 0 Å². The van der Waals surface area contributed by atoms with Crippen LogP contribution in [0.25, 0.3) is 0 Å². The van der Waals surface area contributed by atoms with Crippen molar-refractivity contribution in [1.29, 1.82) is 0 Å². The van der Waals surface area contributed by atoms with Crippen LogP contribution in [0.4, 0.5) is 0 Å². The van der Waals surface area contributed by atoms with Gasteiger partial charge < -0.3 is 20.4 Å². The molecule has 0 aromatic heterocycles. The van der Waals surface area contributed by atoms with E-state index < -0.39 is 24.4 Å². The van der Waals surface area contributed by atoms with Crippen molar-refractivity contribution in [3.63, 3.8) is 0 Å². The summed E-state index contributed by atoms with van der Waals surface area (Å²) in [4.78, 5) is 0. The fourth-order valence-corrected chi connectivity index (χ4v) is 5.94. The molecule has 2 aliphatic carbocycles. The third-order valence-electron chi connectivity index (χ3n) is 8.65. The maximum absolute atomic E-state index is 10.3. The Bertz CT molecular complexity index is 1260. The van der Waals surface area contributed by atoms with Crippen molar-refractivity contribution < 1.29 is 20.4 Å². The van der Waals surface area contributed by atoms with Gasteiger partial charge in [0, 0.05) is 0 Å². The van der Waals surface area contributed by atoms with Crippen molar-refractivity contribution in [3.05, 3.63) is 130 Å². The maximum Gasteiger partial charge on any atom is 0.101 e. The number of allylic oxidation sites excluding steroid dienone is 20. The topological polar surface area (TPSA) is 80.9 Å². The summed E-state index contributed by atoms with van der Waals surface area (Å²) in [5.74, 6) is 0. The molecule has 0 aromatic carbocycles. The molecule has 0 radical (unpaired) electrons. The van der Waals surface area contributed by atoms with E-state index in [1.165, 1.54) is 0 Å². The molecule has 2 rings (SSSR count). The summed E-state index contributed by atoms with van der Waals surface area (Å²) in [6, 6.07) is 0. The van der Waals surface area contributed by atoms with Crippen LogP contribution in [0.5, 0.6) is 0 Å². The van der Waals surface area contributed by atoms with E-state index >= 15 is 0 Å². The highest BCUT2D eigenvalue weighted by Gasteiger charge is 2.37. The van der Waals surface area contributed by atoms with Crippen LogP contribution in [0.15, 0.2) is 130 Å². The van der Waals surface area contributed by atoms with E-state index in [4.69, 9.17) is 0 Å². The van der Waals surface area contributed by atoms with Gasteiger partial charge in [-0.05, 0) is 87.5 Å². The van der Waals surface area contributed by atoms with Crippen LogP contribution in [0, 0.1) is 10.8 Å². The minimum atomic E-state index is -0.799. The monoisotopic (exact) mass is 600 g/mol. The average molecular weight is 601 g/mol. The number of hydrogen-bond donors (Lipinski definition) is 4. The summed E-state index contributed by atoms with van der Waals surface area (Å²) in [6.07, 6.45) is 26.9. The first-order chi connectivity index (χ1) is 20.5. The quantitative estimate of drug-likeness (QED) is 0.190. The molecule has 0 aromatic rings. The molecule has 44 heavy (non-hydrogen) atoms. The summed E-state index contributed by atoms with van der Waals surface area (Å²) in [6.45, 7) is 20.5.